The van der Waals surface area contributed by atoms with E-state index in [1.54, 1.807) is 12.1 Å². The maximum atomic E-state index is 13.4. The normalized spacial score (nSPS) is 15.8. The van der Waals surface area contributed by atoms with Gasteiger partial charge >= 0.3 is 0 Å². The van der Waals surface area contributed by atoms with E-state index in [4.69, 9.17) is 17.0 Å². The number of hydrogen-bond acceptors (Lipinski definition) is 3. The van der Waals surface area contributed by atoms with Crippen LogP contribution in [0, 0.1) is 19.7 Å². The molecule has 32 heavy (non-hydrogen) atoms. The maximum absolute atomic E-state index is 13.4. The molecule has 2 heterocycles. The molecular formula is C25H28FN3O2S. The lowest BCUT2D eigenvalue weighted by Crippen LogP contribution is -2.42. The lowest BCUT2D eigenvalue weighted by atomic mass is 10.1. The van der Waals surface area contributed by atoms with E-state index in [2.05, 4.69) is 22.4 Å². The number of benzene rings is 2. The van der Waals surface area contributed by atoms with Gasteiger partial charge in [0.2, 0.25) is 0 Å². The molecule has 0 unspecified atom stereocenters. The van der Waals surface area contributed by atoms with Crippen LogP contribution in [0.5, 0.6) is 0 Å². The zero-order valence-corrected chi connectivity index (χ0v) is 19.2. The summed E-state index contributed by atoms with van der Waals surface area (Å²) in [6.07, 6.45) is 2.22. The van der Waals surface area contributed by atoms with Crippen molar-refractivity contribution in [2.24, 2.45) is 0 Å². The first kappa shape index (κ1) is 22.4. The minimum absolute atomic E-state index is 0.129. The van der Waals surface area contributed by atoms with Crippen LogP contribution < -0.4 is 10.9 Å². The number of hydrogen-bond donors (Lipinski definition) is 2. The first-order valence-corrected chi connectivity index (χ1v) is 11.3. The summed E-state index contributed by atoms with van der Waals surface area (Å²) in [6.45, 7) is 6.25. The summed E-state index contributed by atoms with van der Waals surface area (Å²) in [6, 6.07) is 12.4. The molecule has 1 aliphatic rings. The number of H-pyrrole nitrogens is 1. The quantitative estimate of drug-likeness (QED) is 0.544. The predicted molar refractivity (Wildman–Crippen MR) is 129 cm³/mol. The molecule has 1 aliphatic heterocycles. The second-order valence-electron chi connectivity index (χ2n) is 8.47. The number of nitrogens with zero attached hydrogens (tertiary/aromatic N) is 1. The highest BCUT2D eigenvalue weighted by Crippen LogP contribution is 2.19. The van der Waals surface area contributed by atoms with Gasteiger partial charge in [-0.15, -0.1) is 0 Å². The lowest BCUT2D eigenvalue weighted by molar-refractivity contribution is 0.113. The molecule has 0 radical (unpaired) electrons. The fraction of sp³-hybridized carbons (Fsp3) is 0.360. The van der Waals surface area contributed by atoms with E-state index < -0.39 is 0 Å². The molecule has 1 saturated heterocycles. The van der Waals surface area contributed by atoms with Crippen molar-refractivity contribution in [3.8, 4) is 0 Å². The van der Waals surface area contributed by atoms with Crippen LogP contribution >= 0.6 is 12.2 Å². The molecule has 2 N–H and O–H groups in total. The smallest absolute Gasteiger partial charge is 0.253 e. The van der Waals surface area contributed by atoms with E-state index >= 15 is 0 Å². The Kier molecular flexibility index (Phi) is 6.86. The first-order chi connectivity index (χ1) is 15.4. The van der Waals surface area contributed by atoms with Gasteiger partial charge in [0, 0.05) is 25.3 Å². The molecule has 0 aliphatic carbocycles. The third-order valence-electron chi connectivity index (χ3n) is 5.81. The number of fused-ring (bicyclic) bond motifs is 1. The Labute approximate surface area is 192 Å². The molecular weight excluding hydrogens is 425 g/mol. The molecule has 5 nitrogen and oxygen atoms in total. The average Bonchev–Trinajstić information content (AvgIpc) is 3.28. The predicted octanol–water partition coefficient (Wildman–Crippen LogP) is 4.34. The van der Waals surface area contributed by atoms with Crippen molar-refractivity contribution < 1.29 is 9.13 Å². The molecule has 0 amide bonds. The average molecular weight is 454 g/mol. The van der Waals surface area contributed by atoms with Crippen LogP contribution in [0.1, 0.15) is 35.1 Å². The van der Waals surface area contributed by atoms with Gasteiger partial charge in [0.25, 0.3) is 5.56 Å². The number of pyridine rings is 1. The molecule has 0 spiro atoms. The monoisotopic (exact) mass is 453 g/mol. The van der Waals surface area contributed by atoms with E-state index in [0.29, 0.717) is 30.3 Å². The second kappa shape index (κ2) is 9.79. The summed E-state index contributed by atoms with van der Waals surface area (Å²) in [7, 11) is 0. The Morgan fingerprint density at radius 1 is 1.22 bits per heavy atom. The Morgan fingerprint density at radius 2 is 2.00 bits per heavy atom. The zero-order chi connectivity index (χ0) is 22.7. The standard InChI is InChI=1S/C25H28FN3O2S/c1-16-10-17(2)23-19(11-16)12-20(24(30)28-23)15-29(14-18-5-7-21(26)8-6-18)25(32)27-13-22-4-3-9-31-22/h5-8,10-12,22H,3-4,9,13-15H2,1-2H3,(H,27,32)(H,28,30)/t22-/m1/s1. The first-order valence-electron chi connectivity index (χ1n) is 10.9. The Balaban J connectivity index is 1.59. The summed E-state index contributed by atoms with van der Waals surface area (Å²) < 4.78 is 19.1. The van der Waals surface area contributed by atoms with Crippen LogP contribution in [0.25, 0.3) is 10.9 Å². The molecule has 168 valence electrons. The Morgan fingerprint density at radius 3 is 2.72 bits per heavy atom. The Bertz CT molecular complexity index is 1170. The van der Waals surface area contributed by atoms with Gasteiger partial charge in [-0.3, -0.25) is 4.79 Å². The van der Waals surface area contributed by atoms with Crippen molar-refractivity contribution in [1.82, 2.24) is 15.2 Å². The van der Waals surface area contributed by atoms with Crippen molar-refractivity contribution in [3.05, 3.63) is 80.9 Å². The van der Waals surface area contributed by atoms with Crippen LogP contribution in [-0.2, 0) is 17.8 Å². The van der Waals surface area contributed by atoms with E-state index in [9.17, 15) is 9.18 Å². The minimum Gasteiger partial charge on any atom is -0.376 e. The van der Waals surface area contributed by atoms with Crippen LogP contribution in [-0.4, -0.2) is 34.3 Å². The summed E-state index contributed by atoms with van der Waals surface area (Å²) >= 11 is 5.69. The number of ether oxygens (including phenoxy) is 1. The van der Waals surface area contributed by atoms with Gasteiger partial charge in [-0.2, -0.15) is 0 Å². The fourth-order valence-electron chi connectivity index (χ4n) is 4.18. The summed E-state index contributed by atoms with van der Waals surface area (Å²) in [5.74, 6) is -0.281. The van der Waals surface area contributed by atoms with Gasteiger partial charge in [-0.05, 0) is 79.7 Å². The summed E-state index contributed by atoms with van der Waals surface area (Å²) in [5, 5.41) is 4.84. The van der Waals surface area contributed by atoms with Crippen LogP contribution in [0.4, 0.5) is 4.39 Å². The van der Waals surface area contributed by atoms with Crippen molar-refractivity contribution in [1.29, 1.82) is 0 Å². The molecule has 1 atom stereocenters. The Hall–Kier alpha value is -2.77. The van der Waals surface area contributed by atoms with Gasteiger partial charge in [-0.1, -0.05) is 23.8 Å². The van der Waals surface area contributed by atoms with E-state index in [0.717, 1.165) is 47.0 Å². The van der Waals surface area contributed by atoms with Gasteiger partial charge < -0.3 is 19.9 Å². The largest absolute Gasteiger partial charge is 0.376 e. The number of aryl methyl sites for hydroxylation is 2. The zero-order valence-electron chi connectivity index (χ0n) is 18.4. The number of aromatic amines is 1. The van der Waals surface area contributed by atoms with E-state index in [-0.39, 0.29) is 17.5 Å². The molecule has 1 fully saturated rings. The van der Waals surface area contributed by atoms with Crippen molar-refractivity contribution in [2.75, 3.05) is 13.2 Å². The molecule has 0 bridgehead atoms. The highest BCUT2D eigenvalue weighted by Gasteiger charge is 2.19. The molecule has 2 aromatic carbocycles. The second-order valence-corrected chi connectivity index (χ2v) is 8.86. The summed E-state index contributed by atoms with van der Waals surface area (Å²) in [5.41, 5.74) is 4.46. The van der Waals surface area contributed by atoms with Crippen molar-refractivity contribution >= 4 is 28.2 Å². The van der Waals surface area contributed by atoms with Crippen molar-refractivity contribution in [3.63, 3.8) is 0 Å². The maximum Gasteiger partial charge on any atom is 0.253 e. The summed E-state index contributed by atoms with van der Waals surface area (Å²) in [4.78, 5) is 17.8. The molecule has 0 saturated carbocycles. The molecule has 1 aromatic heterocycles. The topological polar surface area (TPSA) is 57.4 Å². The molecule has 7 heteroatoms. The minimum atomic E-state index is -0.281. The van der Waals surface area contributed by atoms with Gasteiger partial charge in [0.15, 0.2) is 5.11 Å². The van der Waals surface area contributed by atoms with Gasteiger partial charge in [0.05, 0.1) is 18.2 Å². The van der Waals surface area contributed by atoms with Gasteiger partial charge in [-0.25, -0.2) is 4.39 Å². The molecule has 3 aromatic rings. The fourth-order valence-corrected chi connectivity index (χ4v) is 4.40. The van der Waals surface area contributed by atoms with E-state index in [1.165, 1.54) is 12.1 Å². The number of nitrogens with one attached hydrogen (secondary N) is 2. The highest BCUT2D eigenvalue weighted by molar-refractivity contribution is 7.80. The number of aromatic nitrogens is 1. The third kappa shape index (κ3) is 5.34. The lowest BCUT2D eigenvalue weighted by Gasteiger charge is -2.27. The van der Waals surface area contributed by atoms with Crippen LogP contribution in [0.15, 0.2) is 47.3 Å². The molecule has 4 rings (SSSR count). The van der Waals surface area contributed by atoms with Gasteiger partial charge in [0.1, 0.15) is 5.82 Å². The van der Waals surface area contributed by atoms with Crippen LogP contribution in [0.2, 0.25) is 0 Å². The number of halogens is 1. The SMILES string of the molecule is Cc1cc(C)c2[nH]c(=O)c(CN(Cc3ccc(F)cc3)C(=S)NC[C@H]3CCCO3)cc2c1. The van der Waals surface area contributed by atoms with E-state index in [1.807, 2.05) is 24.8 Å². The van der Waals surface area contributed by atoms with Crippen molar-refractivity contribution in [2.45, 2.75) is 45.9 Å². The third-order valence-corrected chi connectivity index (χ3v) is 6.21. The van der Waals surface area contributed by atoms with Crippen LogP contribution in [0.3, 0.4) is 0 Å². The highest BCUT2D eigenvalue weighted by atomic mass is 32.1. The number of thiocarbonyl (C=S) groups is 1. The number of rotatable bonds is 6.